The van der Waals surface area contributed by atoms with E-state index in [2.05, 4.69) is 18.8 Å². The maximum absolute atomic E-state index is 12.2. The van der Waals surface area contributed by atoms with Gasteiger partial charge in [0, 0.05) is 24.0 Å². The van der Waals surface area contributed by atoms with Crippen LogP contribution in [0.2, 0.25) is 0 Å². The first-order chi connectivity index (χ1) is 27.6. The van der Waals surface area contributed by atoms with Crippen LogP contribution in [0, 0.1) is 11.8 Å². The summed E-state index contributed by atoms with van der Waals surface area (Å²) in [6.07, 6.45) is 14.5. The lowest BCUT2D eigenvalue weighted by atomic mass is 10.1. The van der Waals surface area contributed by atoms with Crippen molar-refractivity contribution in [3.05, 3.63) is 70.8 Å². The van der Waals surface area contributed by atoms with Gasteiger partial charge < -0.3 is 29.2 Å². The van der Waals surface area contributed by atoms with E-state index in [9.17, 15) is 29.1 Å². The number of aliphatic carboxylic acids is 1. The van der Waals surface area contributed by atoms with Crippen LogP contribution < -0.4 is 0 Å². The number of carboxylic acids is 1. The van der Waals surface area contributed by atoms with Crippen LogP contribution in [0.15, 0.2) is 48.5 Å². The molecule has 1 unspecified atom stereocenters. The van der Waals surface area contributed by atoms with Gasteiger partial charge in [0.1, 0.15) is 6.61 Å². The monoisotopic (exact) mass is 792 g/mol. The van der Waals surface area contributed by atoms with E-state index in [0.717, 1.165) is 41.5 Å². The molecule has 57 heavy (non-hydrogen) atoms. The van der Waals surface area contributed by atoms with E-state index in [1.165, 1.54) is 44.9 Å². The highest BCUT2D eigenvalue weighted by atomic mass is 16.5. The van der Waals surface area contributed by atoms with Crippen LogP contribution in [0.5, 0.6) is 0 Å². The molecule has 2 aromatic rings. The van der Waals surface area contributed by atoms with Gasteiger partial charge in [-0.1, -0.05) is 101 Å². The molecule has 2 rings (SSSR count). The summed E-state index contributed by atoms with van der Waals surface area (Å²) in [7, 11) is 0. The minimum Gasteiger partial charge on any atom is -0.481 e. The summed E-state index contributed by atoms with van der Waals surface area (Å²) >= 11 is 0. The third-order valence-corrected chi connectivity index (χ3v) is 9.16. The van der Waals surface area contributed by atoms with Crippen molar-refractivity contribution in [2.24, 2.45) is 0 Å². The zero-order valence-electron chi connectivity index (χ0n) is 33.9. The summed E-state index contributed by atoms with van der Waals surface area (Å²) in [5.41, 5.74) is 3.25. The van der Waals surface area contributed by atoms with E-state index in [4.69, 9.17) is 24.1 Å². The number of aliphatic hydroxyl groups excluding tert-OH is 1. The van der Waals surface area contributed by atoms with Crippen LogP contribution in [0.25, 0.3) is 0 Å². The zero-order chi connectivity index (χ0) is 41.4. The molecule has 314 valence electrons. The molecule has 0 heterocycles. The lowest BCUT2D eigenvalue weighted by Gasteiger charge is -2.11. The minimum absolute atomic E-state index is 0.123. The molecule has 0 aromatic heterocycles. The molecule has 2 N–H and O–H groups in total. The van der Waals surface area contributed by atoms with E-state index in [0.29, 0.717) is 45.1 Å². The Hall–Kier alpha value is -4.69. The third-order valence-electron chi connectivity index (χ3n) is 9.16. The maximum Gasteiger partial charge on any atom is 0.310 e. The zero-order valence-corrected chi connectivity index (χ0v) is 33.9. The van der Waals surface area contributed by atoms with Crippen LogP contribution in [0.4, 0.5) is 0 Å². The number of aliphatic hydroxyl groups is 1. The molecule has 0 bridgehead atoms. The first-order valence-electron chi connectivity index (χ1n) is 20.9. The Kier molecular flexibility index (Phi) is 26.7. The van der Waals surface area contributed by atoms with Gasteiger partial charge in [-0.2, -0.15) is 0 Å². The third kappa shape index (κ3) is 26.7. The summed E-state index contributed by atoms with van der Waals surface area (Å²) in [4.78, 5) is 58.8. The van der Waals surface area contributed by atoms with E-state index in [1.54, 1.807) is 0 Å². The molecule has 0 radical (unpaired) electrons. The molecular formula is C46H64O11. The lowest BCUT2D eigenvalue weighted by molar-refractivity contribution is -0.150. The van der Waals surface area contributed by atoms with E-state index in [1.807, 2.05) is 48.5 Å². The van der Waals surface area contributed by atoms with Gasteiger partial charge in [0.25, 0.3) is 0 Å². The Labute approximate surface area is 339 Å². The second kappa shape index (κ2) is 31.4. The molecule has 0 aliphatic rings. The molecule has 2 aromatic carbocycles. The highest BCUT2D eigenvalue weighted by Crippen LogP contribution is 2.12. The number of esters is 4. The van der Waals surface area contributed by atoms with Gasteiger partial charge in [-0.15, -0.1) is 0 Å². The van der Waals surface area contributed by atoms with Crippen molar-refractivity contribution < 1.29 is 53.1 Å². The number of benzene rings is 2. The second-order valence-electron chi connectivity index (χ2n) is 14.4. The predicted octanol–water partition coefficient (Wildman–Crippen LogP) is 8.57. The number of hydrogen-bond acceptors (Lipinski definition) is 10. The fourth-order valence-electron chi connectivity index (χ4n) is 5.81. The Morgan fingerprint density at radius 1 is 0.509 bits per heavy atom. The molecule has 0 amide bonds. The summed E-state index contributed by atoms with van der Waals surface area (Å²) in [5, 5.41) is 18.7. The molecule has 0 aliphatic carbocycles. The first kappa shape index (κ1) is 48.5. The Morgan fingerprint density at radius 2 is 0.930 bits per heavy atom. The standard InChI is InChI=1S/C46H64O11/c1-2-3-4-5-6-7-8-9-10-15-30-55-45(52)34-41(47)35-46(53)56-32-17-12-14-19-43(50)57-36-40-28-24-38(25-29-40)21-20-37-22-26-39(27-23-37)33-44(51)54-31-16-11-13-18-42(48)49/h22-29,41,47H,2-19,30-36H2,1H3,(H,48,49). The quantitative estimate of drug-likeness (QED) is 0.0326. The van der Waals surface area contributed by atoms with Crippen molar-refractivity contribution in [2.75, 3.05) is 19.8 Å². The van der Waals surface area contributed by atoms with Crippen LogP contribution in [0.1, 0.15) is 158 Å². The molecule has 0 saturated heterocycles. The highest BCUT2D eigenvalue weighted by molar-refractivity contribution is 5.74. The Bertz CT molecular complexity index is 1510. The van der Waals surface area contributed by atoms with E-state index >= 15 is 0 Å². The van der Waals surface area contributed by atoms with Crippen molar-refractivity contribution in [3.63, 3.8) is 0 Å². The maximum atomic E-state index is 12.2. The molecule has 0 fully saturated rings. The van der Waals surface area contributed by atoms with Crippen molar-refractivity contribution in [1.29, 1.82) is 0 Å². The topological polar surface area (TPSA) is 163 Å². The number of carbonyl (C=O) groups excluding carboxylic acids is 4. The van der Waals surface area contributed by atoms with Crippen LogP contribution >= 0.6 is 0 Å². The van der Waals surface area contributed by atoms with Gasteiger partial charge in [0.05, 0.1) is 45.2 Å². The summed E-state index contributed by atoms with van der Waals surface area (Å²) in [6, 6.07) is 14.8. The number of ether oxygens (including phenoxy) is 4. The lowest BCUT2D eigenvalue weighted by Crippen LogP contribution is -2.21. The van der Waals surface area contributed by atoms with E-state index < -0.39 is 24.0 Å². The van der Waals surface area contributed by atoms with Gasteiger partial charge in [0.15, 0.2) is 0 Å². The highest BCUT2D eigenvalue weighted by Gasteiger charge is 2.17. The SMILES string of the molecule is CCCCCCCCCCCCOC(=O)CC(O)CC(=O)OCCCCCC(=O)OCc1ccc(C#Cc2ccc(CC(=O)OCCCCCC(=O)O)cc2)cc1. The van der Waals surface area contributed by atoms with Crippen molar-refractivity contribution in [2.45, 2.75) is 154 Å². The normalized spacial score (nSPS) is 11.2. The van der Waals surface area contributed by atoms with Gasteiger partial charge in [-0.25, -0.2) is 0 Å². The van der Waals surface area contributed by atoms with Crippen LogP contribution in [0.3, 0.4) is 0 Å². The molecule has 1 atom stereocenters. The predicted molar refractivity (Wildman–Crippen MR) is 217 cm³/mol. The molecule has 0 saturated carbocycles. The first-order valence-corrected chi connectivity index (χ1v) is 20.9. The van der Waals surface area contributed by atoms with Crippen molar-refractivity contribution in [3.8, 4) is 11.8 Å². The Balaban J connectivity index is 1.49. The summed E-state index contributed by atoms with van der Waals surface area (Å²) in [5.74, 6) is 3.65. The summed E-state index contributed by atoms with van der Waals surface area (Å²) in [6.45, 7) is 3.14. The molecule has 11 heteroatoms. The molecule has 0 spiro atoms. The van der Waals surface area contributed by atoms with Crippen molar-refractivity contribution in [1.82, 2.24) is 0 Å². The van der Waals surface area contributed by atoms with E-state index in [-0.39, 0.29) is 63.9 Å². The van der Waals surface area contributed by atoms with Gasteiger partial charge >= 0.3 is 29.8 Å². The number of rotatable bonds is 31. The van der Waals surface area contributed by atoms with Crippen LogP contribution in [-0.2, 0) is 55.9 Å². The molecule has 0 aliphatic heterocycles. The second-order valence-corrected chi connectivity index (χ2v) is 14.4. The minimum atomic E-state index is -1.14. The number of carbonyl (C=O) groups is 5. The van der Waals surface area contributed by atoms with Crippen molar-refractivity contribution >= 4 is 29.8 Å². The Morgan fingerprint density at radius 3 is 1.42 bits per heavy atom. The number of hydrogen-bond donors (Lipinski definition) is 2. The van der Waals surface area contributed by atoms with Gasteiger partial charge in [-0.05, 0) is 80.3 Å². The van der Waals surface area contributed by atoms with Crippen LogP contribution in [-0.4, -0.2) is 66.0 Å². The molecule has 11 nitrogen and oxygen atoms in total. The number of carboxylic acid groups (broad SMARTS) is 1. The molecular weight excluding hydrogens is 728 g/mol. The largest absolute Gasteiger partial charge is 0.481 e. The fraction of sp³-hybridized carbons (Fsp3) is 0.587. The van der Waals surface area contributed by atoms with Gasteiger partial charge in [0.2, 0.25) is 0 Å². The number of unbranched alkanes of at least 4 members (excludes halogenated alkanes) is 13. The average Bonchev–Trinajstić information content (AvgIpc) is 3.18. The van der Waals surface area contributed by atoms with Gasteiger partial charge in [-0.3, -0.25) is 24.0 Å². The smallest absolute Gasteiger partial charge is 0.310 e. The summed E-state index contributed by atoms with van der Waals surface area (Å²) < 4.78 is 21.0. The average molecular weight is 793 g/mol. The fourth-order valence-corrected chi connectivity index (χ4v) is 5.81.